The van der Waals surface area contributed by atoms with Crippen LogP contribution in [0.5, 0.6) is 0 Å². The lowest BCUT2D eigenvalue weighted by Crippen LogP contribution is -2.00. The van der Waals surface area contributed by atoms with Gasteiger partial charge in [-0.1, -0.05) is 25.1 Å². The van der Waals surface area contributed by atoms with E-state index in [1.165, 1.54) is 6.07 Å². The monoisotopic (exact) mass is 227 g/mol. The summed E-state index contributed by atoms with van der Waals surface area (Å²) in [5, 5.41) is 1.88. The third-order valence-corrected chi connectivity index (χ3v) is 3.28. The van der Waals surface area contributed by atoms with Gasteiger partial charge < -0.3 is 0 Å². The van der Waals surface area contributed by atoms with Gasteiger partial charge in [0.05, 0.1) is 10.1 Å². The van der Waals surface area contributed by atoms with Gasteiger partial charge in [-0.2, -0.15) is 8.42 Å². The molecule has 0 radical (unpaired) electrons. The van der Waals surface area contributed by atoms with Crippen LogP contribution in [0.4, 0.5) is 0 Å². The quantitative estimate of drug-likeness (QED) is 0.586. The number of rotatable bonds is 3. The van der Waals surface area contributed by atoms with E-state index in [2.05, 4.69) is 16.6 Å². The number of thiocarbonyl (C=S) groups is 1. The molecule has 0 fully saturated rings. The Morgan fingerprint density at radius 1 is 1.43 bits per heavy atom. The van der Waals surface area contributed by atoms with Gasteiger partial charge in [-0.05, 0) is 30.3 Å². The molecule has 0 amide bonds. The molecule has 3 nitrogen and oxygen atoms in total. The lowest BCUT2D eigenvalue weighted by Gasteiger charge is -2.03. The molecule has 1 aromatic carbocycles. The number of benzene rings is 1. The zero-order valence-corrected chi connectivity index (χ0v) is 9.23. The van der Waals surface area contributed by atoms with Gasteiger partial charge in [-0.15, -0.1) is 4.40 Å². The number of sulfonamides is 1. The molecule has 0 spiro atoms. The van der Waals surface area contributed by atoms with Crippen LogP contribution in [0.1, 0.15) is 12.5 Å². The van der Waals surface area contributed by atoms with Crippen molar-refractivity contribution < 1.29 is 8.42 Å². The minimum Gasteiger partial charge on any atom is -0.199 e. The van der Waals surface area contributed by atoms with E-state index < -0.39 is 10.0 Å². The molecule has 0 aliphatic carbocycles. The first-order valence-corrected chi connectivity index (χ1v) is 5.88. The fourth-order valence-electron chi connectivity index (χ4n) is 1.15. The molecule has 0 aliphatic heterocycles. The van der Waals surface area contributed by atoms with E-state index in [0.717, 1.165) is 5.56 Å². The summed E-state index contributed by atoms with van der Waals surface area (Å²) in [5.74, 6) is 0. The van der Waals surface area contributed by atoms with E-state index in [0.29, 0.717) is 6.42 Å². The predicted molar refractivity (Wildman–Crippen MR) is 58.0 cm³/mol. The van der Waals surface area contributed by atoms with Gasteiger partial charge in [-0.25, -0.2) is 0 Å². The fraction of sp³-hybridized carbons (Fsp3) is 0.222. The van der Waals surface area contributed by atoms with Crippen molar-refractivity contribution in [1.82, 2.24) is 0 Å². The van der Waals surface area contributed by atoms with Gasteiger partial charge in [0, 0.05) is 0 Å². The summed E-state index contributed by atoms with van der Waals surface area (Å²) in [7, 11) is -3.64. The van der Waals surface area contributed by atoms with Crippen molar-refractivity contribution in [1.29, 1.82) is 0 Å². The summed E-state index contributed by atoms with van der Waals surface area (Å²) in [5.41, 5.74) is 0.738. The van der Waals surface area contributed by atoms with Gasteiger partial charge in [0.1, 0.15) is 0 Å². The molecule has 0 saturated heterocycles. The Hall–Kier alpha value is -1.03. The van der Waals surface area contributed by atoms with Crippen LogP contribution >= 0.6 is 12.2 Å². The van der Waals surface area contributed by atoms with Crippen LogP contribution in [0.15, 0.2) is 33.6 Å². The summed E-state index contributed by atoms with van der Waals surface area (Å²) in [6, 6.07) is 6.72. The first-order chi connectivity index (χ1) is 6.61. The molecule has 0 atom stereocenters. The molecule has 74 valence electrons. The third-order valence-electron chi connectivity index (χ3n) is 1.79. The van der Waals surface area contributed by atoms with Crippen molar-refractivity contribution >= 4 is 27.4 Å². The van der Waals surface area contributed by atoms with Crippen molar-refractivity contribution in [3.8, 4) is 0 Å². The van der Waals surface area contributed by atoms with E-state index in [1.807, 2.05) is 12.1 Å². The van der Waals surface area contributed by atoms with Crippen molar-refractivity contribution in [2.75, 3.05) is 0 Å². The Bertz CT molecular complexity index is 473. The molecule has 0 unspecified atom stereocenters. The second-order valence-electron chi connectivity index (χ2n) is 2.62. The summed E-state index contributed by atoms with van der Waals surface area (Å²) in [6.45, 7) is 1.88. The maximum Gasteiger partial charge on any atom is 0.290 e. The van der Waals surface area contributed by atoms with Crippen LogP contribution in [-0.2, 0) is 16.4 Å². The highest BCUT2D eigenvalue weighted by Crippen LogP contribution is 2.17. The molecule has 14 heavy (non-hydrogen) atoms. The van der Waals surface area contributed by atoms with Crippen molar-refractivity contribution in [2.45, 2.75) is 18.2 Å². The molecular formula is C9H9NO2S2. The van der Waals surface area contributed by atoms with Crippen molar-refractivity contribution in [2.24, 2.45) is 4.40 Å². The number of hydrogen-bond donors (Lipinski definition) is 0. The first-order valence-electron chi connectivity index (χ1n) is 4.04. The molecule has 0 N–H and O–H groups in total. The fourth-order valence-corrected chi connectivity index (χ4v) is 2.43. The van der Waals surface area contributed by atoms with Gasteiger partial charge in [0.2, 0.25) is 0 Å². The Kier molecular flexibility index (Phi) is 3.52. The zero-order valence-electron chi connectivity index (χ0n) is 7.60. The van der Waals surface area contributed by atoms with Crippen LogP contribution in [0, 0.1) is 0 Å². The minimum absolute atomic E-state index is 0.208. The van der Waals surface area contributed by atoms with Gasteiger partial charge in [-0.3, -0.25) is 0 Å². The molecule has 5 heteroatoms. The number of isothiocyanates is 1. The number of aryl methyl sites for hydroxylation is 1. The Balaban J connectivity index is 3.39. The lowest BCUT2D eigenvalue weighted by molar-refractivity contribution is 0.597. The summed E-state index contributed by atoms with van der Waals surface area (Å²) in [6.07, 6.45) is 0.641. The molecule has 0 aliphatic rings. The standard InChI is InChI=1S/C9H9NO2S2/c1-2-8-5-3-4-6-9(8)14(11,12)10-7-13/h3-6H,2H2,1H3. The normalized spacial score (nSPS) is 10.6. The van der Waals surface area contributed by atoms with E-state index in [9.17, 15) is 8.42 Å². The van der Waals surface area contributed by atoms with Gasteiger partial charge in [0.25, 0.3) is 10.0 Å². The topological polar surface area (TPSA) is 46.5 Å². The number of nitrogens with zero attached hydrogens (tertiary/aromatic N) is 1. The van der Waals surface area contributed by atoms with Crippen molar-refractivity contribution in [3.05, 3.63) is 29.8 Å². The second-order valence-corrected chi connectivity index (χ2v) is 4.37. The molecule has 0 aromatic heterocycles. The summed E-state index contributed by atoms with van der Waals surface area (Å²) in [4.78, 5) is 0.208. The highest BCUT2D eigenvalue weighted by Gasteiger charge is 2.14. The highest BCUT2D eigenvalue weighted by molar-refractivity contribution is 7.91. The van der Waals surface area contributed by atoms with Gasteiger partial charge >= 0.3 is 0 Å². The van der Waals surface area contributed by atoms with E-state index in [4.69, 9.17) is 0 Å². The molecule has 1 aromatic rings. The molecule has 0 bridgehead atoms. The largest absolute Gasteiger partial charge is 0.290 e. The Labute approximate surface area is 88.5 Å². The van der Waals surface area contributed by atoms with Crippen LogP contribution in [0.25, 0.3) is 0 Å². The van der Waals surface area contributed by atoms with Crippen LogP contribution in [0.2, 0.25) is 0 Å². The minimum atomic E-state index is -3.64. The maximum atomic E-state index is 11.5. The van der Waals surface area contributed by atoms with Gasteiger partial charge in [0.15, 0.2) is 0 Å². The average Bonchev–Trinajstić information content (AvgIpc) is 2.18. The van der Waals surface area contributed by atoms with E-state index in [-0.39, 0.29) is 4.90 Å². The number of hydrogen-bond acceptors (Lipinski definition) is 3. The van der Waals surface area contributed by atoms with E-state index >= 15 is 0 Å². The van der Waals surface area contributed by atoms with Crippen molar-refractivity contribution in [3.63, 3.8) is 0 Å². The lowest BCUT2D eigenvalue weighted by atomic mass is 10.2. The van der Waals surface area contributed by atoms with Crippen LogP contribution < -0.4 is 0 Å². The molecule has 0 saturated carbocycles. The van der Waals surface area contributed by atoms with Crippen LogP contribution in [0.3, 0.4) is 0 Å². The smallest absolute Gasteiger partial charge is 0.199 e. The Morgan fingerprint density at radius 2 is 2.07 bits per heavy atom. The van der Waals surface area contributed by atoms with E-state index in [1.54, 1.807) is 18.2 Å². The average molecular weight is 227 g/mol. The summed E-state index contributed by atoms with van der Waals surface area (Å²) >= 11 is 4.28. The van der Waals surface area contributed by atoms with Crippen LogP contribution in [-0.4, -0.2) is 13.6 Å². The zero-order chi connectivity index (χ0) is 10.6. The SMILES string of the molecule is CCc1ccccc1S(=O)(=O)N=C=S. The first kappa shape index (κ1) is 11.0. The Morgan fingerprint density at radius 3 is 2.64 bits per heavy atom. The third kappa shape index (κ3) is 2.26. The predicted octanol–water partition coefficient (Wildman–Crippen LogP) is 2.04. The maximum absolute atomic E-state index is 11.5. The molecule has 1 rings (SSSR count). The second kappa shape index (κ2) is 4.46. The highest BCUT2D eigenvalue weighted by atomic mass is 32.2. The molecular weight excluding hydrogens is 218 g/mol. The molecule has 0 heterocycles. The summed E-state index contributed by atoms with van der Waals surface area (Å²) < 4.78 is 26.2.